The van der Waals surface area contributed by atoms with Crippen LogP contribution < -0.4 is 5.73 Å². The van der Waals surface area contributed by atoms with E-state index in [9.17, 15) is 0 Å². The van der Waals surface area contributed by atoms with Crippen LogP contribution in [0.25, 0.3) is 11.0 Å². The summed E-state index contributed by atoms with van der Waals surface area (Å²) in [6, 6.07) is 8.37. The number of nitrogens with two attached hydrogens (primary N) is 1. The van der Waals surface area contributed by atoms with Crippen molar-refractivity contribution in [3.63, 3.8) is 0 Å². The summed E-state index contributed by atoms with van der Waals surface area (Å²) < 4.78 is 13.5. The summed E-state index contributed by atoms with van der Waals surface area (Å²) in [5, 5.41) is 8.01. The molecule has 4 heterocycles. The lowest BCUT2D eigenvalue weighted by atomic mass is 9.81. The number of ether oxygens (including phenoxy) is 1. The molecule has 0 saturated carbocycles. The molecule has 0 aliphatic carbocycles. The van der Waals surface area contributed by atoms with E-state index in [-0.39, 0.29) is 11.4 Å². The normalized spacial score (nSPS) is 26.0. The van der Waals surface area contributed by atoms with Crippen LogP contribution >= 0.6 is 0 Å². The standard InChI is InChI=1S/C18H22N6O2/c1-23-14-5-3-2-4-13(14)20-15(23)6-7-24-8-12-9-25-11-18(12,10-24)16-21-22-17(19)26-16/h2-5,12H,6-11H2,1H3,(H2,19,22)/t12-,18-/m0/s1. The second-order valence-electron chi connectivity index (χ2n) is 7.37. The van der Waals surface area contributed by atoms with Crippen molar-refractivity contribution < 1.29 is 9.15 Å². The minimum absolute atomic E-state index is 0.123. The molecule has 2 aromatic heterocycles. The van der Waals surface area contributed by atoms with Crippen molar-refractivity contribution in [3.8, 4) is 0 Å². The molecule has 1 aromatic carbocycles. The molecule has 2 fully saturated rings. The monoisotopic (exact) mass is 354 g/mol. The second kappa shape index (κ2) is 5.78. The Labute approximate surface area is 150 Å². The highest BCUT2D eigenvalue weighted by atomic mass is 16.5. The van der Waals surface area contributed by atoms with Gasteiger partial charge in [0.2, 0.25) is 5.89 Å². The van der Waals surface area contributed by atoms with Gasteiger partial charge in [0, 0.05) is 39.0 Å². The Kier molecular flexibility index (Phi) is 3.51. The Hall–Kier alpha value is -2.45. The zero-order valence-corrected chi connectivity index (χ0v) is 14.8. The summed E-state index contributed by atoms with van der Waals surface area (Å²) >= 11 is 0. The number of nitrogen functional groups attached to an aromatic ring is 1. The Bertz CT molecular complexity index is 950. The fourth-order valence-electron chi connectivity index (χ4n) is 4.43. The number of aryl methyl sites for hydroxylation is 1. The van der Waals surface area contributed by atoms with Gasteiger partial charge in [-0.25, -0.2) is 4.98 Å². The van der Waals surface area contributed by atoms with Gasteiger partial charge in [-0.05, 0) is 12.1 Å². The molecule has 0 bridgehead atoms. The molecule has 136 valence electrons. The first-order chi connectivity index (χ1) is 12.7. The molecular weight excluding hydrogens is 332 g/mol. The van der Waals surface area contributed by atoms with Crippen LogP contribution in [0.15, 0.2) is 28.7 Å². The average molecular weight is 354 g/mol. The van der Waals surface area contributed by atoms with E-state index in [4.69, 9.17) is 19.9 Å². The van der Waals surface area contributed by atoms with Gasteiger partial charge in [-0.3, -0.25) is 0 Å². The van der Waals surface area contributed by atoms with E-state index in [0.29, 0.717) is 18.4 Å². The largest absolute Gasteiger partial charge is 0.408 e. The molecule has 0 amide bonds. The predicted octanol–water partition coefficient (Wildman–Crippen LogP) is 0.981. The third-order valence-corrected chi connectivity index (χ3v) is 5.84. The van der Waals surface area contributed by atoms with Crippen LogP contribution in [-0.4, -0.2) is 57.5 Å². The summed E-state index contributed by atoms with van der Waals surface area (Å²) in [5.74, 6) is 2.08. The van der Waals surface area contributed by atoms with Gasteiger partial charge in [-0.1, -0.05) is 17.2 Å². The SMILES string of the molecule is Cn1c(CCN2C[C@H]3COC[C@@]3(c3nnc(N)o3)C2)nc2ccccc21. The molecule has 2 aliphatic rings. The number of aromatic nitrogens is 4. The zero-order valence-electron chi connectivity index (χ0n) is 14.8. The van der Waals surface area contributed by atoms with E-state index < -0.39 is 0 Å². The number of para-hydroxylation sites is 2. The van der Waals surface area contributed by atoms with Crippen molar-refractivity contribution in [1.82, 2.24) is 24.6 Å². The molecule has 5 rings (SSSR count). The highest BCUT2D eigenvalue weighted by Gasteiger charge is 2.55. The first kappa shape index (κ1) is 15.8. The van der Waals surface area contributed by atoms with E-state index >= 15 is 0 Å². The summed E-state index contributed by atoms with van der Waals surface area (Å²) in [4.78, 5) is 7.23. The van der Waals surface area contributed by atoms with E-state index in [2.05, 4.69) is 44.9 Å². The fraction of sp³-hybridized carbons (Fsp3) is 0.500. The predicted molar refractivity (Wildman–Crippen MR) is 95.6 cm³/mol. The number of anilines is 1. The number of hydrogen-bond donors (Lipinski definition) is 1. The number of imidazole rings is 1. The highest BCUT2D eigenvalue weighted by molar-refractivity contribution is 5.75. The van der Waals surface area contributed by atoms with Crippen molar-refractivity contribution >= 4 is 17.0 Å². The number of rotatable bonds is 4. The van der Waals surface area contributed by atoms with Crippen molar-refractivity contribution in [3.05, 3.63) is 36.0 Å². The van der Waals surface area contributed by atoms with E-state index in [1.165, 1.54) is 5.52 Å². The number of nitrogens with zero attached hydrogens (tertiary/aromatic N) is 5. The van der Waals surface area contributed by atoms with Crippen molar-refractivity contribution in [1.29, 1.82) is 0 Å². The van der Waals surface area contributed by atoms with Crippen molar-refractivity contribution in [2.75, 3.05) is 38.6 Å². The maximum atomic E-state index is 5.74. The fourth-order valence-corrected chi connectivity index (χ4v) is 4.43. The minimum atomic E-state index is -0.225. The topological polar surface area (TPSA) is 95.2 Å². The zero-order chi connectivity index (χ0) is 17.7. The molecular formula is C18H22N6O2. The van der Waals surface area contributed by atoms with Crippen LogP contribution in [0.1, 0.15) is 11.7 Å². The number of benzene rings is 1. The summed E-state index contributed by atoms with van der Waals surface area (Å²) in [5.41, 5.74) is 7.64. The van der Waals surface area contributed by atoms with Crippen LogP contribution in [-0.2, 0) is 23.6 Å². The molecule has 0 radical (unpaired) electrons. The lowest BCUT2D eigenvalue weighted by Crippen LogP contribution is -2.36. The van der Waals surface area contributed by atoms with Gasteiger partial charge in [0.1, 0.15) is 5.82 Å². The van der Waals surface area contributed by atoms with Gasteiger partial charge in [-0.2, -0.15) is 0 Å². The molecule has 26 heavy (non-hydrogen) atoms. The first-order valence-corrected chi connectivity index (χ1v) is 8.95. The van der Waals surface area contributed by atoms with Crippen LogP contribution in [0.2, 0.25) is 0 Å². The molecule has 2 N–H and O–H groups in total. The third-order valence-electron chi connectivity index (χ3n) is 5.84. The molecule has 8 nitrogen and oxygen atoms in total. The third kappa shape index (κ3) is 2.33. The molecule has 2 aliphatic heterocycles. The van der Waals surface area contributed by atoms with Gasteiger partial charge in [0.05, 0.1) is 29.7 Å². The van der Waals surface area contributed by atoms with Crippen molar-refractivity contribution in [2.24, 2.45) is 13.0 Å². The first-order valence-electron chi connectivity index (χ1n) is 8.95. The minimum Gasteiger partial charge on any atom is -0.408 e. The maximum Gasteiger partial charge on any atom is 0.312 e. The summed E-state index contributed by atoms with van der Waals surface area (Å²) in [6.07, 6.45) is 0.904. The molecule has 8 heteroatoms. The number of likely N-dealkylation sites (tertiary alicyclic amines) is 1. The molecule has 2 saturated heterocycles. The van der Waals surface area contributed by atoms with E-state index in [1.807, 2.05) is 6.07 Å². The van der Waals surface area contributed by atoms with E-state index in [1.54, 1.807) is 0 Å². The van der Waals surface area contributed by atoms with Gasteiger partial charge in [0.15, 0.2) is 0 Å². The average Bonchev–Trinajstić information content (AvgIpc) is 3.36. The quantitative estimate of drug-likeness (QED) is 0.746. The van der Waals surface area contributed by atoms with Gasteiger partial charge >= 0.3 is 6.01 Å². The molecule has 0 spiro atoms. The number of hydrogen-bond acceptors (Lipinski definition) is 7. The second-order valence-corrected chi connectivity index (χ2v) is 7.37. The van der Waals surface area contributed by atoms with Crippen molar-refractivity contribution in [2.45, 2.75) is 11.8 Å². The Morgan fingerprint density at radius 2 is 2.19 bits per heavy atom. The smallest absolute Gasteiger partial charge is 0.312 e. The Balaban J connectivity index is 1.33. The van der Waals surface area contributed by atoms with Crippen LogP contribution in [0.4, 0.5) is 6.01 Å². The van der Waals surface area contributed by atoms with Crippen LogP contribution in [0.5, 0.6) is 0 Å². The lowest BCUT2D eigenvalue weighted by Gasteiger charge is -2.22. The lowest BCUT2D eigenvalue weighted by molar-refractivity contribution is 0.142. The number of fused-ring (bicyclic) bond motifs is 2. The van der Waals surface area contributed by atoms with Gasteiger partial charge in [0.25, 0.3) is 0 Å². The Morgan fingerprint density at radius 3 is 3.00 bits per heavy atom. The maximum absolute atomic E-state index is 5.74. The summed E-state index contributed by atoms with van der Waals surface area (Å²) in [6.45, 7) is 4.10. The molecule has 3 aromatic rings. The molecule has 2 atom stereocenters. The summed E-state index contributed by atoms with van der Waals surface area (Å²) in [7, 11) is 2.08. The van der Waals surface area contributed by atoms with Gasteiger partial charge < -0.3 is 24.4 Å². The Morgan fingerprint density at radius 1 is 1.31 bits per heavy atom. The van der Waals surface area contributed by atoms with Gasteiger partial charge in [-0.15, -0.1) is 5.10 Å². The van der Waals surface area contributed by atoms with Crippen LogP contribution in [0, 0.1) is 5.92 Å². The van der Waals surface area contributed by atoms with E-state index in [0.717, 1.165) is 44.0 Å². The molecule has 0 unspecified atom stereocenters. The highest BCUT2D eigenvalue weighted by Crippen LogP contribution is 2.43. The van der Waals surface area contributed by atoms with Crippen LogP contribution in [0.3, 0.4) is 0 Å².